The lowest BCUT2D eigenvalue weighted by atomic mass is 9.66. The van der Waals surface area contributed by atoms with E-state index in [1.165, 1.54) is 6.42 Å². The van der Waals surface area contributed by atoms with Crippen molar-refractivity contribution in [2.45, 2.75) is 51.7 Å². The lowest BCUT2D eigenvalue weighted by Crippen LogP contribution is -2.47. The van der Waals surface area contributed by atoms with E-state index in [0.717, 1.165) is 12.0 Å². The fourth-order valence-electron chi connectivity index (χ4n) is 6.03. The molecule has 7 atom stereocenters. The summed E-state index contributed by atoms with van der Waals surface area (Å²) in [6.07, 6.45) is 6.91. The minimum absolute atomic E-state index is 0.108. The number of hydrogen-bond acceptors (Lipinski definition) is 4. The lowest BCUT2D eigenvalue weighted by molar-refractivity contribution is -0.168. The Bertz CT molecular complexity index is 651. The van der Waals surface area contributed by atoms with Crippen LogP contribution in [0.4, 0.5) is 0 Å². The van der Waals surface area contributed by atoms with Crippen LogP contribution in [0.5, 0.6) is 0 Å². The Morgan fingerprint density at radius 1 is 1.25 bits per heavy atom. The second-order valence-corrected chi connectivity index (χ2v) is 9.05. The third kappa shape index (κ3) is 2.16. The van der Waals surface area contributed by atoms with Crippen molar-refractivity contribution >= 4 is 11.9 Å². The van der Waals surface area contributed by atoms with Crippen LogP contribution in [0, 0.1) is 35.5 Å². The van der Waals surface area contributed by atoms with E-state index < -0.39 is 11.2 Å². The number of fused-ring (bicyclic) bond motifs is 9. The zero-order chi connectivity index (χ0) is 17.3. The summed E-state index contributed by atoms with van der Waals surface area (Å²) in [5, 5.41) is 0. The zero-order valence-corrected chi connectivity index (χ0v) is 14.9. The van der Waals surface area contributed by atoms with Gasteiger partial charge >= 0.3 is 5.97 Å². The Labute approximate surface area is 143 Å². The zero-order valence-electron chi connectivity index (χ0n) is 14.9. The molecule has 4 rings (SSSR count). The predicted molar refractivity (Wildman–Crippen MR) is 88.7 cm³/mol. The summed E-state index contributed by atoms with van der Waals surface area (Å²) >= 11 is 0. The van der Waals surface area contributed by atoms with E-state index in [0.29, 0.717) is 29.6 Å². The van der Waals surface area contributed by atoms with E-state index in [9.17, 15) is 9.59 Å². The Kier molecular flexibility index (Phi) is 3.40. The molecule has 0 radical (unpaired) electrons. The van der Waals surface area contributed by atoms with Crippen LogP contribution >= 0.6 is 0 Å². The van der Waals surface area contributed by atoms with Gasteiger partial charge in [0, 0.05) is 5.57 Å². The van der Waals surface area contributed by atoms with E-state index >= 15 is 0 Å². The molecule has 3 saturated carbocycles. The molecule has 130 valence electrons. The van der Waals surface area contributed by atoms with Crippen molar-refractivity contribution in [1.29, 1.82) is 0 Å². The number of hydrogen-bond donors (Lipinski definition) is 0. The van der Waals surface area contributed by atoms with E-state index in [-0.39, 0.29) is 18.5 Å². The molecule has 4 bridgehead atoms. The third-order valence-corrected chi connectivity index (χ3v) is 6.65. The molecular weight excluding hydrogens is 304 g/mol. The predicted octanol–water partition coefficient (Wildman–Crippen LogP) is 2.95. The molecule has 0 aromatic carbocycles. The SMILES string of the molecule is CC(C)(C)OC(=O)COC1(C)C(=C=O)C2CC1C1C3C=CC(C3)C21. The first-order chi connectivity index (χ1) is 11.2. The summed E-state index contributed by atoms with van der Waals surface area (Å²) in [4.78, 5) is 23.8. The Hall–Kier alpha value is -1.38. The van der Waals surface area contributed by atoms with Crippen molar-refractivity contribution in [3.8, 4) is 0 Å². The van der Waals surface area contributed by atoms with E-state index in [1.807, 2.05) is 27.7 Å². The topological polar surface area (TPSA) is 52.6 Å². The average Bonchev–Trinajstić information content (AvgIpc) is 3.20. The molecule has 0 amide bonds. The van der Waals surface area contributed by atoms with Crippen molar-refractivity contribution in [3.05, 3.63) is 17.7 Å². The summed E-state index contributed by atoms with van der Waals surface area (Å²) in [6.45, 7) is 7.39. The van der Waals surface area contributed by atoms with Crippen LogP contribution in [-0.4, -0.2) is 29.7 Å². The first-order valence-corrected chi connectivity index (χ1v) is 9.04. The number of carbonyl (C=O) groups is 1. The van der Waals surface area contributed by atoms with Crippen molar-refractivity contribution in [2.75, 3.05) is 6.61 Å². The van der Waals surface area contributed by atoms with E-state index in [4.69, 9.17) is 9.47 Å². The largest absolute Gasteiger partial charge is 0.458 e. The number of esters is 1. The third-order valence-electron chi connectivity index (χ3n) is 6.65. The molecule has 0 N–H and O–H groups in total. The van der Waals surface area contributed by atoms with Gasteiger partial charge in [-0.15, -0.1) is 0 Å². The number of rotatable bonds is 3. The molecule has 4 heteroatoms. The van der Waals surface area contributed by atoms with Crippen molar-refractivity contribution in [3.63, 3.8) is 0 Å². The molecule has 3 fully saturated rings. The molecule has 0 saturated heterocycles. The van der Waals surface area contributed by atoms with Crippen LogP contribution in [0.1, 0.15) is 40.5 Å². The second kappa shape index (κ2) is 5.06. The molecule has 4 aliphatic carbocycles. The monoisotopic (exact) mass is 330 g/mol. The van der Waals surface area contributed by atoms with E-state index in [2.05, 4.69) is 18.1 Å². The van der Waals surface area contributed by atoms with Gasteiger partial charge in [-0.1, -0.05) is 12.2 Å². The lowest BCUT2D eigenvalue weighted by Gasteiger charge is -2.43. The summed E-state index contributed by atoms with van der Waals surface area (Å²) in [5.74, 6) is 4.82. The van der Waals surface area contributed by atoms with Gasteiger partial charge in [-0.25, -0.2) is 9.59 Å². The standard InChI is InChI=1S/C20H26O4/c1-19(2,3)24-16(22)10-23-20(4)14-8-13(15(20)9-21)17-11-5-6-12(7-11)18(14)17/h5-6,11-14,17-18H,7-8,10H2,1-4H3. The highest BCUT2D eigenvalue weighted by Gasteiger charge is 2.68. The Morgan fingerprint density at radius 2 is 1.92 bits per heavy atom. The smallest absolute Gasteiger partial charge is 0.332 e. The first kappa shape index (κ1) is 16.1. The molecule has 0 aliphatic heterocycles. The molecule has 0 heterocycles. The van der Waals surface area contributed by atoms with Crippen LogP contribution in [0.15, 0.2) is 17.7 Å². The summed E-state index contributed by atoms with van der Waals surface area (Å²) in [5.41, 5.74) is -0.443. The van der Waals surface area contributed by atoms with Crippen LogP contribution in [-0.2, 0) is 19.1 Å². The molecule has 24 heavy (non-hydrogen) atoms. The Balaban J connectivity index is 1.54. The molecule has 7 unspecified atom stereocenters. The average molecular weight is 330 g/mol. The first-order valence-electron chi connectivity index (χ1n) is 9.04. The van der Waals surface area contributed by atoms with E-state index in [1.54, 1.807) is 0 Å². The molecule has 0 spiro atoms. The minimum atomic E-state index is -0.664. The molecule has 0 aromatic rings. The van der Waals surface area contributed by atoms with Crippen LogP contribution < -0.4 is 0 Å². The summed E-state index contributed by atoms with van der Waals surface area (Å²) < 4.78 is 11.4. The maximum absolute atomic E-state index is 12.0. The van der Waals surface area contributed by atoms with Gasteiger partial charge in [-0.3, -0.25) is 0 Å². The maximum Gasteiger partial charge on any atom is 0.332 e. The van der Waals surface area contributed by atoms with Gasteiger partial charge in [-0.2, -0.15) is 0 Å². The second-order valence-electron chi connectivity index (χ2n) is 9.05. The minimum Gasteiger partial charge on any atom is -0.458 e. The van der Waals surface area contributed by atoms with Crippen LogP contribution in [0.25, 0.3) is 0 Å². The molecular formula is C20H26O4. The summed E-state index contributed by atoms with van der Waals surface area (Å²) in [6, 6.07) is 0. The molecule has 0 aromatic heterocycles. The van der Waals surface area contributed by atoms with Gasteiger partial charge in [0.2, 0.25) is 0 Å². The Morgan fingerprint density at radius 3 is 2.54 bits per heavy atom. The van der Waals surface area contributed by atoms with Gasteiger partial charge in [0.05, 0.1) is 0 Å². The van der Waals surface area contributed by atoms with Gasteiger partial charge in [-0.05, 0) is 76.0 Å². The fourth-order valence-corrected chi connectivity index (χ4v) is 6.03. The number of ether oxygens (including phenoxy) is 2. The molecule has 4 nitrogen and oxygen atoms in total. The van der Waals surface area contributed by atoms with Crippen LogP contribution in [0.3, 0.4) is 0 Å². The fraction of sp³-hybridized carbons (Fsp3) is 0.750. The highest BCUT2D eigenvalue weighted by atomic mass is 16.6. The van der Waals surface area contributed by atoms with Gasteiger partial charge in [0.1, 0.15) is 23.8 Å². The highest BCUT2D eigenvalue weighted by molar-refractivity contribution is 5.71. The number of allylic oxidation sites excluding steroid dienone is 2. The van der Waals surface area contributed by atoms with Gasteiger partial charge in [0.25, 0.3) is 0 Å². The highest BCUT2D eigenvalue weighted by Crippen LogP contribution is 2.69. The van der Waals surface area contributed by atoms with Crippen molar-refractivity contribution in [2.24, 2.45) is 35.5 Å². The van der Waals surface area contributed by atoms with Crippen molar-refractivity contribution in [1.82, 2.24) is 0 Å². The van der Waals surface area contributed by atoms with Crippen molar-refractivity contribution < 1.29 is 19.1 Å². The maximum atomic E-state index is 12.0. The van der Waals surface area contributed by atoms with Gasteiger partial charge < -0.3 is 9.47 Å². The van der Waals surface area contributed by atoms with Crippen LogP contribution in [0.2, 0.25) is 0 Å². The number of carbonyl (C=O) groups excluding carboxylic acids is 2. The normalized spacial score (nSPS) is 44.8. The van der Waals surface area contributed by atoms with Gasteiger partial charge in [0.15, 0.2) is 0 Å². The quantitative estimate of drug-likeness (QED) is 0.345. The summed E-state index contributed by atoms with van der Waals surface area (Å²) in [7, 11) is 0. The molecule has 4 aliphatic rings.